The van der Waals surface area contributed by atoms with Gasteiger partial charge in [-0.25, -0.2) is 9.48 Å². The summed E-state index contributed by atoms with van der Waals surface area (Å²) in [4.78, 5) is 24.0. The Balaban J connectivity index is 1.57. The highest BCUT2D eigenvalue weighted by molar-refractivity contribution is 9.10. The zero-order valence-electron chi connectivity index (χ0n) is 14.0. The zero-order valence-corrected chi connectivity index (χ0v) is 15.6. The first-order valence-electron chi connectivity index (χ1n) is 7.87. The van der Waals surface area contributed by atoms with Gasteiger partial charge in [-0.2, -0.15) is 5.10 Å². The third-order valence-corrected chi connectivity index (χ3v) is 4.35. The van der Waals surface area contributed by atoms with Crippen molar-refractivity contribution < 1.29 is 14.3 Å². The quantitative estimate of drug-likeness (QED) is 0.646. The summed E-state index contributed by atoms with van der Waals surface area (Å²) in [5.74, 6) is -0.968. The molecule has 26 heavy (non-hydrogen) atoms. The van der Waals surface area contributed by atoms with Crippen LogP contribution in [0, 0.1) is 6.92 Å². The van der Waals surface area contributed by atoms with Gasteiger partial charge in [-0.05, 0) is 65.3 Å². The average molecular weight is 414 g/mol. The number of anilines is 1. The van der Waals surface area contributed by atoms with Gasteiger partial charge in [-0.3, -0.25) is 4.79 Å². The zero-order chi connectivity index (χ0) is 18.5. The molecule has 6 nitrogen and oxygen atoms in total. The van der Waals surface area contributed by atoms with Crippen LogP contribution < -0.4 is 5.32 Å². The van der Waals surface area contributed by atoms with Crippen molar-refractivity contribution in [3.8, 4) is 5.69 Å². The van der Waals surface area contributed by atoms with Crippen LogP contribution in [0.5, 0.6) is 0 Å². The van der Waals surface area contributed by atoms with Crippen LogP contribution in [0.4, 0.5) is 5.69 Å². The molecule has 0 unspecified atom stereocenters. The number of ether oxygens (including phenoxy) is 1. The van der Waals surface area contributed by atoms with Crippen molar-refractivity contribution in [2.24, 2.45) is 0 Å². The van der Waals surface area contributed by atoms with Gasteiger partial charge < -0.3 is 10.1 Å². The van der Waals surface area contributed by atoms with Crippen molar-refractivity contribution in [2.45, 2.75) is 6.92 Å². The van der Waals surface area contributed by atoms with Crippen LogP contribution in [-0.4, -0.2) is 28.3 Å². The number of carbonyl (C=O) groups excluding carboxylic acids is 2. The van der Waals surface area contributed by atoms with E-state index in [1.807, 2.05) is 25.1 Å². The molecule has 0 aliphatic rings. The standard InChI is InChI=1S/C19H16BrN3O3/c1-13-10-11-21-23(13)15-8-6-14(7-9-15)19(25)26-12-18(24)22-17-5-3-2-4-16(17)20/h2-11H,12H2,1H3,(H,22,24). The topological polar surface area (TPSA) is 73.2 Å². The van der Waals surface area contributed by atoms with Crippen LogP contribution >= 0.6 is 15.9 Å². The van der Waals surface area contributed by atoms with E-state index >= 15 is 0 Å². The number of esters is 1. The summed E-state index contributed by atoms with van der Waals surface area (Å²) in [6.45, 7) is 1.58. The van der Waals surface area contributed by atoms with Gasteiger partial charge in [0.1, 0.15) is 0 Å². The number of benzene rings is 2. The molecule has 0 fully saturated rings. The van der Waals surface area contributed by atoms with E-state index in [4.69, 9.17) is 4.74 Å². The van der Waals surface area contributed by atoms with Crippen molar-refractivity contribution in [3.05, 3.63) is 76.5 Å². The SMILES string of the molecule is Cc1ccnn1-c1ccc(C(=O)OCC(=O)Nc2ccccc2Br)cc1. The number of nitrogens with zero attached hydrogens (tertiary/aromatic N) is 2. The number of aromatic nitrogens is 2. The van der Waals surface area contributed by atoms with Crippen LogP contribution in [0.25, 0.3) is 5.69 Å². The Morgan fingerprint density at radius 2 is 1.85 bits per heavy atom. The Hall–Kier alpha value is -2.93. The third kappa shape index (κ3) is 4.18. The monoisotopic (exact) mass is 413 g/mol. The van der Waals surface area contributed by atoms with Gasteiger partial charge in [-0.1, -0.05) is 12.1 Å². The molecule has 0 atom stereocenters. The highest BCUT2D eigenvalue weighted by Crippen LogP contribution is 2.21. The number of hydrogen-bond acceptors (Lipinski definition) is 4. The molecule has 1 amide bonds. The van der Waals surface area contributed by atoms with Crippen molar-refractivity contribution in [3.63, 3.8) is 0 Å². The second-order valence-corrected chi connectivity index (χ2v) is 6.39. The second kappa shape index (κ2) is 7.97. The fourth-order valence-electron chi connectivity index (χ4n) is 2.34. The molecule has 3 rings (SSSR count). The number of aryl methyl sites for hydroxylation is 1. The van der Waals surface area contributed by atoms with Crippen molar-refractivity contribution in [1.82, 2.24) is 9.78 Å². The molecule has 0 saturated heterocycles. The van der Waals surface area contributed by atoms with Gasteiger partial charge in [-0.15, -0.1) is 0 Å². The minimum Gasteiger partial charge on any atom is -0.452 e. The maximum atomic E-state index is 12.1. The van der Waals surface area contributed by atoms with E-state index in [2.05, 4.69) is 26.3 Å². The third-order valence-electron chi connectivity index (χ3n) is 3.66. The Labute approximate surface area is 158 Å². The van der Waals surface area contributed by atoms with Crippen molar-refractivity contribution in [1.29, 1.82) is 0 Å². The van der Waals surface area contributed by atoms with Gasteiger partial charge in [0.25, 0.3) is 5.91 Å². The van der Waals surface area contributed by atoms with Crippen LogP contribution in [0.3, 0.4) is 0 Å². The molecule has 1 heterocycles. The van der Waals surface area contributed by atoms with Crippen molar-refractivity contribution in [2.75, 3.05) is 11.9 Å². The summed E-state index contributed by atoms with van der Waals surface area (Å²) in [7, 11) is 0. The summed E-state index contributed by atoms with van der Waals surface area (Å²) < 4.78 is 7.59. The van der Waals surface area contributed by atoms with Gasteiger partial charge in [0.15, 0.2) is 6.61 Å². The molecular formula is C19H16BrN3O3. The first-order valence-corrected chi connectivity index (χ1v) is 8.66. The minimum absolute atomic E-state index is 0.361. The lowest BCUT2D eigenvalue weighted by molar-refractivity contribution is -0.119. The average Bonchev–Trinajstić information content (AvgIpc) is 3.08. The Morgan fingerprint density at radius 1 is 1.12 bits per heavy atom. The van der Waals surface area contributed by atoms with E-state index < -0.39 is 11.9 Å². The van der Waals surface area contributed by atoms with Crippen LogP contribution in [-0.2, 0) is 9.53 Å². The molecule has 0 aliphatic carbocycles. The molecule has 0 spiro atoms. The van der Waals surface area contributed by atoms with Gasteiger partial charge in [0, 0.05) is 16.4 Å². The highest BCUT2D eigenvalue weighted by Gasteiger charge is 2.12. The molecular weight excluding hydrogens is 398 g/mol. The van der Waals surface area contributed by atoms with Crippen LogP contribution in [0.1, 0.15) is 16.1 Å². The predicted octanol–water partition coefficient (Wildman–Crippen LogP) is 3.74. The molecule has 7 heteroatoms. The summed E-state index contributed by atoms with van der Waals surface area (Å²) >= 11 is 3.34. The molecule has 0 aliphatic heterocycles. The highest BCUT2D eigenvalue weighted by atomic mass is 79.9. The Morgan fingerprint density at radius 3 is 2.50 bits per heavy atom. The second-order valence-electron chi connectivity index (χ2n) is 5.54. The van der Waals surface area contributed by atoms with E-state index in [1.165, 1.54) is 0 Å². The predicted molar refractivity (Wildman–Crippen MR) is 101 cm³/mol. The molecule has 1 aromatic heterocycles. The first-order chi connectivity index (χ1) is 12.5. The summed E-state index contributed by atoms with van der Waals surface area (Å²) in [6, 6.07) is 15.9. The number of halogens is 1. The number of para-hydroxylation sites is 1. The lowest BCUT2D eigenvalue weighted by atomic mass is 10.2. The van der Waals surface area contributed by atoms with Crippen LogP contribution in [0.15, 0.2) is 65.3 Å². The fraction of sp³-hybridized carbons (Fsp3) is 0.105. The van der Waals surface area contributed by atoms with Gasteiger partial charge in [0.2, 0.25) is 0 Å². The smallest absolute Gasteiger partial charge is 0.338 e. The molecule has 132 valence electrons. The lowest BCUT2D eigenvalue weighted by Gasteiger charge is -2.09. The number of nitrogens with one attached hydrogen (secondary N) is 1. The van der Waals surface area contributed by atoms with E-state index in [-0.39, 0.29) is 6.61 Å². The molecule has 3 aromatic rings. The summed E-state index contributed by atoms with van der Waals surface area (Å²) in [6.07, 6.45) is 1.71. The van der Waals surface area contributed by atoms with E-state index in [9.17, 15) is 9.59 Å². The molecule has 0 saturated carbocycles. The Bertz CT molecular complexity index is 935. The number of carbonyl (C=O) groups is 2. The molecule has 0 bridgehead atoms. The van der Waals surface area contributed by atoms with E-state index in [1.54, 1.807) is 47.3 Å². The normalized spacial score (nSPS) is 10.4. The Kier molecular flexibility index (Phi) is 5.48. The number of rotatable bonds is 5. The summed E-state index contributed by atoms with van der Waals surface area (Å²) in [5.41, 5.74) is 2.82. The number of hydrogen-bond donors (Lipinski definition) is 1. The number of amides is 1. The lowest BCUT2D eigenvalue weighted by Crippen LogP contribution is -2.21. The fourth-order valence-corrected chi connectivity index (χ4v) is 2.73. The first kappa shape index (κ1) is 17.9. The van der Waals surface area contributed by atoms with E-state index in [0.717, 1.165) is 15.9 Å². The maximum Gasteiger partial charge on any atom is 0.338 e. The van der Waals surface area contributed by atoms with E-state index in [0.29, 0.717) is 11.3 Å². The molecule has 2 aromatic carbocycles. The van der Waals surface area contributed by atoms with Crippen LogP contribution in [0.2, 0.25) is 0 Å². The van der Waals surface area contributed by atoms with Gasteiger partial charge in [0.05, 0.1) is 16.9 Å². The van der Waals surface area contributed by atoms with Crippen molar-refractivity contribution >= 4 is 33.5 Å². The van der Waals surface area contributed by atoms with Gasteiger partial charge >= 0.3 is 5.97 Å². The summed E-state index contributed by atoms with van der Waals surface area (Å²) in [5, 5.41) is 6.89. The largest absolute Gasteiger partial charge is 0.452 e. The minimum atomic E-state index is -0.559. The molecule has 0 radical (unpaired) electrons. The molecule has 1 N–H and O–H groups in total. The maximum absolute atomic E-state index is 12.1.